The molecule has 2 nitrogen and oxygen atoms in total. The van der Waals surface area contributed by atoms with Gasteiger partial charge in [-0.3, -0.25) is 0 Å². The van der Waals surface area contributed by atoms with Crippen molar-refractivity contribution in [2.24, 2.45) is 0 Å². The third-order valence-electron chi connectivity index (χ3n) is 3.72. The molecule has 1 atom stereocenters. The molecule has 1 heterocycles. The Morgan fingerprint density at radius 1 is 1.15 bits per heavy atom. The van der Waals surface area contributed by atoms with Crippen molar-refractivity contribution in [2.45, 2.75) is 38.6 Å². The van der Waals surface area contributed by atoms with Gasteiger partial charge in [-0.1, -0.05) is 41.7 Å². The van der Waals surface area contributed by atoms with Crippen molar-refractivity contribution in [2.75, 3.05) is 25.0 Å². The van der Waals surface area contributed by atoms with Gasteiger partial charge in [0.2, 0.25) is 0 Å². The van der Waals surface area contributed by atoms with Crippen LogP contribution < -0.4 is 5.32 Å². The summed E-state index contributed by atoms with van der Waals surface area (Å²) in [5.74, 6) is 0. The minimum atomic E-state index is 0.424. The van der Waals surface area contributed by atoms with E-state index in [-0.39, 0.29) is 0 Å². The maximum absolute atomic E-state index is 6.23. The summed E-state index contributed by atoms with van der Waals surface area (Å²) in [6.07, 6.45) is 4.69. The Bertz CT molecular complexity index is 428. The molecule has 0 aromatic heterocycles. The summed E-state index contributed by atoms with van der Waals surface area (Å²) in [6, 6.07) is 3.89. The van der Waals surface area contributed by atoms with E-state index in [1.165, 1.54) is 25.9 Å². The second-order valence-corrected chi connectivity index (χ2v) is 6.61. The van der Waals surface area contributed by atoms with E-state index in [1.807, 2.05) is 0 Å². The Balaban J connectivity index is 2.00. The van der Waals surface area contributed by atoms with Gasteiger partial charge in [0.15, 0.2) is 0 Å². The molecule has 0 saturated carbocycles. The molecular weight excluding hydrogens is 315 g/mol. The van der Waals surface area contributed by atoms with Crippen LogP contribution in [0.5, 0.6) is 0 Å². The monoisotopic (exact) mass is 334 g/mol. The fourth-order valence-electron chi connectivity index (χ4n) is 2.72. The molecule has 0 amide bonds. The number of likely N-dealkylation sites (tertiary alicyclic amines) is 1. The predicted molar refractivity (Wildman–Crippen MR) is 89.5 cm³/mol. The van der Waals surface area contributed by atoms with Gasteiger partial charge in [0.25, 0.3) is 0 Å². The van der Waals surface area contributed by atoms with Crippen molar-refractivity contribution < 1.29 is 0 Å². The molecule has 5 heteroatoms. The van der Waals surface area contributed by atoms with Crippen LogP contribution in [0.4, 0.5) is 5.69 Å². The lowest BCUT2D eigenvalue weighted by atomic mass is 10.1. The van der Waals surface area contributed by atoms with E-state index < -0.39 is 0 Å². The van der Waals surface area contributed by atoms with Gasteiger partial charge >= 0.3 is 0 Å². The summed E-state index contributed by atoms with van der Waals surface area (Å²) in [4.78, 5) is 2.53. The average molecular weight is 336 g/mol. The lowest BCUT2D eigenvalue weighted by molar-refractivity contribution is 0.285. The number of hydrogen-bond donors (Lipinski definition) is 1. The molecule has 1 aliphatic rings. The minimum Gasteiger partial charge on any atom is -0.380 e. The Labute approximate surface area is 136 Å². The molecule has 1 aromatic rings. The van der Waals surface area contributed by atoms with Crippen molar-refractivity contribution in [3.63, 3.8) is 0 Å². The lowest BCUT2D eigenvalue weighted by Crippen LogP contribution is -2.27. The maximum atomic E-state index is 6.23. The van der Waals surface area contributed by atoms with Gasteiger partial charge in [-0.15, -0.1) is 0 Å². The summed E-state index contributed by atoms with van der Waals surface area (Å²) in [6.45, 7) is 5.74. The van der Waals surface area contributed by atoms with Crippen LogP contribution in [-0.4, -0.2) is 30.6 Å². The molecule has 20 heavy (non-hydrogen) atoms. The van der Waals surface area contributed by atoms with E-state index >= 15 is 0 Å². The van der Waals surface area contributed by atoms with Gasteiger partial charge in [0.1, 0.15) is 0 Å². The van der Waals surface area contributed by atoms with Gasteiger partial charge in [-0.2, -0.15) is 0 Å². The smallest absolute Gasteiger partial charge is 0.0722 e. The summed E-state index contributed by atoms with van der Waals surface area (Å²) in [5, 5.41) is 5.26. The van der Waals surface area contributed by atoms with Gasteiger partial charge in [0.05, 0.1) is 15.7 Å². The van der Waals surface area contributed by atoms with Crippen LogP contribution in [0, 0.1) is 0 Å². The molecule has 112 valence electrons. The van der Waals surface area contributed by atoms with E-state index in [4.69, 9.17) is 34.8 Å². The van der Waals surface area contributed by atoms with E-state index in [0.717, 1.165) is 25.1 Å². The SMILES string of the molecule is CCCN1CCCC(Nc2c(Cl)cc(Cl)cc2Cl)CC1. The van der Waals surface area contributed by atoms with E-state index in [0.29, 0.717) is 21.1 Å². The van der Waals surface area contributed by atoms with Crippen molar-refractivity contribution in [3.8, 4) is 0 Å². The van der Waals surface area contributed by atoms with Crippen LogP contribution in [0.1, 0.15) is 32.6 Å². The molecule has 0 aliphatic carbocycles. The largest absolute Gasteiger partial charge is 0.380 e. The fourth-order valence-corrected chi connectivity index (χ4v) is 3.65. The first-order valence-electron chi connectivity index (χ1n) is 7.23. The van der Waals surface area contributed by atoms with Crippen molar-refractivity contribution in [1.82, 2.24) is 4.90 Å². The zero-order valence-electron chi connectivity index (χ0n) is 11.8. The molecule has 1 N–H and O–H groups in total. The third kappa shape index (κ3) is 4.42. The fraction of sp³-hybridized carbons (Fsp3) is 0.600. The highest BCUT2D eigenvalue weighted by Crippen LogP contribution is 2.35. The first kappa shape index (κ1) is 16.2. The molecule has 1 unspecified atom stereocenters. The third-order valence-corrected chi connectivity index (χ3v) is 4.53. The molecule has 1 fully saturated rings. The van der Waals surface area contributed by atoms with Crippen LogP contribution in [-0.2, 0) is 0 Å². The lowest BCUT2D eigenvalue weighted by Gasteiger charge is -2.21. The second-order valence-electron chi connectivity index (χ2n) is 5.36. The Morgan fingerprint density at radius 2 is 1.85 bits per heavy atom. The number of benzene rings is 1. The van der Waals surface area contributed by atoms with Crippen molar-refractivity contribution in [3.05, 3.63) is 27.2 Å². The molecule has 1 aromatic carbocycles. The Kier molecular flexibility index (Phi) is 6.28. The first-order chi connectivity index (χ1) is 9.60. The molecular formula is C15H21Cl3N2. The zero-order valence-corrected chi connectivity index (χ0v) is 14.0. The Hall–Kier alpha value is -0.150. The summed E-state index contributed by atoms with van der Waals surface area (Å²) in [5.41, 5.74) is 0.812. The number of anilines is 1. The van der Waals surface area contributed by atoms with Crippen molar-refractivity contribution in [1.29, 1.82) is 0 Å². The topological polar surface area (TPSA) is 15.3 Å². The van der Waals surface area contributed by atoms with Crippen molar-refractivity contribution >= 4 is 40.5 Å². The maximum Gasteiger partial charge on any atom is 0.0722 e. The van der Waals surface area contributed by atoms with Crippen LogP contribution in [0.15, 0.2) is 12.1 Å². The van der Waals surface area contributed by atoms with Gasteiger partial charge < -0.3 is 10.2 Å². The summed E-state index contributed by atoms with van der Waals surface area (Å²) in [7, 11) is 0. The standard InChI is InChI=1S/C15H21Cl3N2/c1-2-6-20-7-3-4-12(5-8-20)19-15-13(17)9-11(16)10-14(15)18/h9-10,12,19H,2-8H2,1H3. The average Bonchev–Trinajstić information content (AvgIpc) is 2.60. The molecule has 2 rings (SSSR count). The van der Waals surface area contributed by atoms with E-state index in [2.05, 4.69) is 17.1 Å². The second kappa shape index (κ2) is 7.74. The normalized spacial score (nSPS) is 20.7. The summed E-state index contributed by atoms with van der Waals surface area (Å²) < 4.78 is 0. The quantitative estimate of drug-likeness (QED) is 0.800. The van der Waals surface area contributed by atoms with Crippen LogP contribution in [0.25, 0.3) is 0 Å². The van der Waals surface area contributed by atoms with Gasteiger partial charge in [-0.05, 0) is 50.9 Å². The summed E-state index contributed by atoms with van der Waals surface area (Å²) >= 11 is 18.4. The van der Waals surface area contributed by atoms with Gasteiger partial charge in [0, 0.05) is 17.6 Å². The van der Waals surface area contributed by atoms with E-state index in [9.17, 15) is 0 Å². The number of rotatable bonds is 4. The van der Waals surface area contributed by atoms with Gasteiger partial charge in [-0.25, -0.2) is 0 Å². The molecule has 0 spiro atoms. The highest BCUT2D eigenvalue weighted by molar-refractivity contribution is 6.41. The van der Waals surface area contributed by atoms with Crippen LogP contribution >= 0.6 is 34.8 Å². The number of hydrogen-bond acceptors (Lipinski definition) is 2. The molecule has 0 radical (unpaired) electrons. The van der Waals surface area contributed by atoms with E-state index in [1.54, 1.807) is 12.1 Å². The van der Waals surface area contributed by atoms with Crippen LogP contribution in [0.3, 0.4) is 0 Å². The number of nitrogens with one attached hydrogen (secondary N) is 1. The predicted octanol–water partition coefficient (Wildman–Crippen LogP) is 5.32. The Morgan fingerprint density at radius 3 is 2.50 bits per heavy atom. The first-order valence-corrected chi connectivity index (χ1v) is 8.37. The van der Waals surface area contributed by atoms with Crippen LogP contribution in [0.2, 0.25) is 15.1 Å². The highest BCUT2D eigenvalue weighted by Gasteiger charge is 2.18. The minimum absolute atomic E-state index is 0.424. The molecule has 0 bridgehead atoms. The number of nitrogens with zero attached hydrogens (tertiary/aromatic N) is 1. The highest BCUT2D eigenvalue weighted by atomic mass is 35.5. The molecule has 1 aliphatic heterocycles. The zero-order chi connectivity index (χ0) is 14.5. The molecule has 1 saturated heterocycles. The number of halogens is 3.